The number of anilines is 2. The predicted octanol–water partition coefficient (Wildman–Crippen LogP) is 3.31. The highest BCUT2D eigenvalue weighted by Gasteiger charge is 2.07. The first kappa shape index (κ1) is 12.3. The van der Waals surface area contributed by atoms with Crippen LogP contribution in [0.1, 0.15) is 15.9 Å². The van der Waals surface area contributed by atoms with Crippen LogP contribution in [0.5, 0.6) is 0 Å². The normalized spacial score (nSPS) is 10.7. The lowest BCUT2D eigenvalue weighted by Gasteiger charge is -2.07. The number of benzene rings is 2. The molecule has 0 saturated carbocycles. The van der Waals surface area contributed by atoms with Crippen molar-refractivity contribution in [2.75, 3.05) is 11.1 Å². The van der Waals surface area contributed by atoms with E-state index in [2.05, 4.69) is 10.3 Å². The topological polar surface area (TPSA) is 70.9 Å². The highest BCUT2D eigenvalue weighted by molar-refractivity contribution is 6.05. The van der Waals surface area contributed by atoms with E-state index in [-0.39, 0.29) is 5.91 Å². The minimum Gasteiger partial charge on any atom is -0.399 e. The number of fused-ring (bicyclic) bond motifs is 1. The van der Waals surface area contributed by atoms with Crippen molar-refractivity contribution in [3.05, 3.63) is 59.8 Å². The lowest BCUT2D eigenvalue weighted by molar-refractivity contribution is 0.102. The summed E-state index contributed by atoms with van der Waals surface area (Å²) >= 11 is 0. The van der Waals surface area contributed by atoms with Gasteiger partial charge in [-0.25, -0.2) is 0 Å². The van der Waals surface area contributed by atoms with E-state index in [0.717, 1.165) is 22.2 Å². The molecule has 1 amide bonds. The van der Waals surface area contributed by atoms with E-state index < -0.39 is 0 Å². The molecule has 0 aliphatic heterocycles. The van der Waals surface area contributed by atoms with Crippen LogP contribution in [0.25, 0.3) is 10.9 Å². The Morgan fingerprint density at radius 1 is 1.15 bits per heavy atom. The summed E-state index contributed by atoms with van der Waals surface area (Å²) in [6.07, 6.45) is 1.87. The molecule has 4 nitrogen and oxygen atoms in total. The van der Waals surface area contributed by atoms with Crippen molar-refractivity contribution >= 4 is 28.2 Å². The van der Waals surface area contributed by atoms with Gasteiger partial charge in [-0.1, -0.05) is 0 Å². The molecule has 3 aromatic rings. The largest absolute Gasteiger partial charge is 0.399 e. The van der Waals surface area contributed by atoms with Crippen LogP contribution in [-0.4, -0.2) is 10.9 Å². The fraction of sp³-hybridized carbons (Fsp3) is 0.0625. The standard InChI is InChI=1S/C16H15N3O/c1-10-8-12(2-4-14(10)17)16(20)19-13-3-5-15-11(9-13)6-7-18-15/h2-9,18H,17H2,1H3,(H,19,20). The molecule has 4 N–H and O–H groups in total. The summed E-state index contributed by atoms with van der Waals surface area (Å²) in [5.74, 6) is -0.136. The van der Waals surface area contributed by atoms with Crippen LogP contribution in [0, 0.1) is 6.92 Å². The molecule has 3 rings (SSSR count). The molecule has 20 heavy (non-hydrogen) atoms. The van der Waals surface area contributed by atoms with Crippen LogP contribution in [-0.2, 0) is 0 Å². The molecule has 1 heterocycles. The molecule has 0 saturated heterocycles. The molecule has 0 unspecified atom stereocenters. The van der Waals surface area contributed by atoms with E-state index >= 15 is 0 Å². The van der Waals surface area contributed by atoms with Crippen molar-refractivity contribution in [1.29, 1.82) is 0 Å². The smallest absolute Gasteiger partial charge is 0.255 e. The Morgan fingerprint density at radius 2 is 2.00 bits per heavy atom. The minimum absolute atomic E-state index is 0.136. The zero-order valence-corrected chi connectivity index (χ0v) is 11.1. The molecular weight excluding hydrogens is 250 g/mol. The van der Waals surface area contributed by atoms with Crippen LogP contribution in [0.15, 0.2) is 48.7 Å². The Kier molecular flexibility index (Phi) is 2.91. The van der Waals surface area contributed by atoms with Crippen molar-refractivity contribution in [1.82, 2.24) is 4.98 Å². The number of H-pyrrole nitrogens is 1. The molecule has 0 bridgehead atoms. The van der Waals surface area contributed by atoms with E-state index in [4.69, 9.17) is 5.73 Å². The van der Waals surface area contributed by atoms with Crippen LogP contribution < -0.4 is 11.1 Å². The number of amides is 1. The van der Waals surface area contributed by atoms with E-state index in [1.54, 1.807) is 18.2 Å². The van der Waals surface area contributed by atoms with Gasteiger partial charge in [0.05, 0.1) is 0 Å². The third-order valence-corrected chi connectivity index (χ3v) is 3.34. The first-order chi connectivity index (χ1) is 9.63. The summed E-state index contributed by atoms with van der Waals surface area (Å²) in [5.41, 5.74) is 9.77. The van der Waals surface area contributed by atoms with Crippen LogP contribution in [0.3, 0.4) is 0 Å². The monoisotopic (exact) mass is 265 g/mol. The average molecular weight is 265 g/mol. The summed E-state index contributed by atoms with van der Waals surface area (Å²) in [5, 5.41) is 3.96. The maximum absolute atomic E-state index is 12.2. The highest BCUT2D eigenvalue weighted by Crippen LogP contribution is 2.19. The number of aromatic amines is 1. The average Bonchev–Trinajstić information content (AvgIpc) is 2.89. The van der Waals surface area contributed by atoms with Crippen LogP contribution in [0.2, 0.25) is 0 Å². The van der Waals surface area contributed by atoms with Crippen molar-refractivity contribution < 1.29 is 4.79 Å². The van der Waals surface area contributed by atoms with E-state index in [1.807, 2.05) is 37.4 Å². The number of nitrogens with one attached hydrogen (secondary N) is 2. The fourth-order valence-electron chi connectivity index (χ4n) is 2.15. The van der Waals surface area contributed by atoms with Crippen molar-refractivity contribution in [3.63, 3.8) is 0 Å². The molecule has 2 aromatic carbocycles. The maximum atomic E-state index is 12.2. The predicted molar refractivity (Wildman–Crippen MR) is 81.8 cm³/mol. The van der Waals surface area contributed by atoms with E-state index in [9.17, 15) is 4.79 Å². The number of nitrogens with two attached hydrogens (primary N) is 1. The number of rotatable bonds is 2. The summed E-state index contributed by atoms with van der Waals surface area (Å²) < 4.78 is 0. The number of aryl methyl sites for hydroxylation is 1. The molecule has 0 aliphatic carbocycles. The lowest BCUT2D eigenvalue weighted by atomic mass is 10.1. The van der Waals surface area contributed by atoms with Gasteiger partial charge in [-0.05, 0) is 55.0 Å². The number of hydrogen-bond donors (Lipinski definition) is 3. The van der Waals surface area contributed by atoms with Gasteiger partial charge in [-0.15, -0.1) is 0 Å². The molecule has 0 spiro atoms. The Bertz CT molecular complexity index is 789. The van der Waals surface area contributed by atoms with Gasteiger partial charge in [0.15, 0.2) is 0 Å². The molecule has 1 aromatic heterocycles. The van der Waals surface area contributed by atoms with Gasteiger partial charge < -0.3 is 16.0 Å². The number of carbonyl (C=O) groups excluding carboxylic acids is 1. The van der Waals surface area contributed by atoms with Crippen molar-refractivity contribution in [3.8, 4) is 0 Å². The van der Waals surface area contributed by atoms with Gasteiger partial charge in [0, 0.05) is 34.0 Å². The molecule has 100 valence electrons. The van der Waals surface area contributed by atoms with Gasteiger partial charge >= 0.3 is 0 Å². The van der Waals surface area contributed by atoms with E-state index in [0.29, 0.717) is 11.3 Å². The quantitative estimate of drug-likeness (QED) is 0.622. The zero-order chi connectivity index (χ0) is 14.1. The Morgan fingerprint density at radius 3 is 2.80 bits per heavy atom. The van der Waals surface area contributed by atoms with Gasteiger partial charge in [-0.3, -0.25) is 4.79 Å². The Labute approximate surface area is 116 Å². The van der Waals surface area contributed by atoms with Crippen molar-refractivity contribution in [2.24, 2.45) is 0 Å². The molecule has 0 radical (unpaired) electrons. The summed E-state index contributed by atoms with van der Waals surface area (Å²) in [4.78, 5) is 15.3. The maximum Gasteiger partial charge on any atom is 0.255 e. The van der Waals surface area contributed by atoms with Gasteiger partial charge in [0.1, 0.15) is 0 Å². The Hall–Kier alpha value is -2.75. The number of aromatic nitrogens is 1. The zero-order valence-electron chi connectivity index (χ0n) is 11.1. The second kappa shape index (κ2) is 4.74. The summed E-state index contributed by atoms with van der Waals surface area (Å²) in [6, 6.07) is 13.0. The van der Waals surface area contributed by atoms with Gasteiger partial charge in [-0.2, -0.15) is 0 Å². The SMILES string of the molecule is Cc1cc(C(=O)Nc2ccc3[nH]ccc3c2)ccc1N. The van der Waals surface area contributed by atoms with Gasteiger partial charge in [0.2, 0.25) is 0 Å². The first-order valence-corrected chi connectivity index (χ1v) is 6.38. The summed E-state index contributed by atoms with van der Waals surface area (Å²) in [7, 11) is 0. The molecule has 0 atom stereocenters. The number of nitrogen functional groups attached to an aromatic ring is 1. The first-order valence-electron chi connectivity index (χ1n) is 6.38. The summed E-state index contributed by atoms with van der Waals surface area (Å²) in [6.45, 7) is 1.89. The van der Waals surface area contributed by atoms with Crippen molar-refractivity contribution in [2.45, 2.75) is 6.92 Å². The highest BCUT2D eigenvalue weighted by atomic mass is 16.1. The van der Waals surface area contributed by atoms with E-state index in [1.165, 1.54) is 0 Å². The molecule has 0 aliphatic rings. The third-order valence-electron chi connectivity index (χ3n) is 3.34. The lowest BCUT2D eigenvalue weighted by Crippen LogP contribution is -2.12. The molecular formula is C16H15N3O. The third kappa shape index (κ3) is 2.23. The fourth-order valence-corrected chi connectivity index (χ4v) is 2.15. The second-order valence-corrected chi connectivity index (χ2v) is 4.81. The number of carbonyl (C=O) groups is 1. The number of hydrogen-bond acceptors (Lipinski definition) is 2. The van der Waals surface area contributed by atoms with Crippen LogP contribution >= 0.6 is 0 Å². The molecule has 0 fully saturated rings. The van der Waals surface area contributed by atoms with Gasteiger partial charge in [0.25, 0.3) is 5.91 Å². The van der Waals surface area contributed by atoms with Crippen LogP contribution in [0.4, 0.5) is 11.4 Å². The second-order valence-electron chi connectivity index (χ2n) is 4.81. The Balaban J connectivity index is 1.85. The minimum atomic E-state index is -0.136. The molecule has 4 heteroatoms.